The molecule has 1 aromatic carbocycles. The molecule has 0 radical (unpaired) electrons. The molecule has 0 fully saturated rings. The van der Waals surface area contributed by atoms with E-state index in [1.165, 1.54) is 29.5 Å². The van der Waals surface area contributed by atoms with E-state index in [2.05, 4.69) is 11.4 Å². The lowest BCUT2D eigenvalue weighted by molar-refractivity contribution is 0.385. The van der Waals surface area contributed by atoms with Crippen molar-refractivity contribution in [1.82, 2.24) is 5.32 Å². The van der Waals surface area contributed by atoms with E-state index in [-0.39, 0.29) is 0 Å². The van der Waals surface area contributed by atoms with Gasteiger partial charge in [-0.1, -0.05) is 0 Å². The van der Waals surface area contributed by atoms with Crippen LogP contribution in [0.15, 0.2) is 6.07 Å². The van der Waals surface area contributed by atoms with E-state index in [0.717, 1.165) is 37.3 Å². The second-order valence-corrected chi connectivity index (χ2v) is 4.79. The standard InChI is InChI=1S/C15H23NO2/c1-16-9-8-11-10-14(17-2)12-6-4-5-7-13(12)15(11)18-3/h10,16H,4-9H2,1-3H3. The molecule has 0 heterocycles. The fourth-order valence-corrected chi connectivity index (χ4v) is 2.81. The van der Waals surface area contributed by atoms with Crippen LogP contribution in [0.2, 0.25) is 0 Å². The van der Waals surface area contributed by atoms with E-state index >= 15 is 0 Å². The summed E-state index contributed by atoms with van der Waals surface area (Å²) in [5, 5.41) is 3.19. The number of rotatable bonds is 5. The van der Waals surface area contributed by atoms with Crippen LogP contribution in [0.3, 0.4) is 0 Å². The van der Waals surface area contributed by atoms with Crippen LogP contribution in [0.4, 0.5) is 0 Å². The minimum absolute atomic E-state index is 0.957. The first-order valence-electron chi connectivity index (χ1n) is 6.72. The van der Waals surface area contributed by atoms with Crippen LogP contribution in [0, 0.1) is 0 Å². The average molecular weight is 249 g/mol. The maximum absolute atomic E-state index is 5.66. The van der Waals surface area contributed by atoms with E-state index in [1.54, 1.807) is 14.2 Å². The molecule has 0 aromatic heterocycles. The summed E-state index contributed by atoms with van der Waals surface area (Å²) in [6.07, 6.45) is 5.71. The first kappa shape index (κ1) is 13.2. The quantitative estimate of drug-likeness (QED) is 0.869. The normalized spacial score (nSPS) is 14.2. The van der Waals surface area contributed by atoms with Gasteiger partial charge in [0, 0.05) is 11.1 Å². The fraction of sp³-hybridized carbons (Fsp3) is 0.600. The van der Waals surface area contributed by atoms with Crippen molar-refractivity contribution >= 4 is 0 Å². The summed E-state index contributed by atoms with van der Waals surface area (Å²) in [4.78, 5) is 0. The Labute approximate surface area is 109 Å². The SMILES string of the molecule is CNCCc1cc(OC)c2c(c1OC)CCCC2. The Hall–Kier alpha value is -1.22. The second kappa shape index (κ2) is 6.10. The monoisotopic (exact) mass is 249 g/mol. The van der Waals surface area contributed by atoms with Gasteiger partial charge in [-0.2, -0.15) is 0 Å². The van der Waals surface area contributed by atoms with Gasteiger partial charge in [0.2, 0.25) is 0 Å². The second-order valence-electron chi connectivity index (χ2n) is 4.79. The summed E-state index contributed by atoms with van der Waals surface area (Å²) in [6.45, 7) is 0.957. The number of ether oxygens (including phenoxy) is 2. The van der Waals surface area contributed by atoms with Gasteiger partial charge in [0.05, 0.1) is 14.2 Å². The summed E-state index contributed by atoms with van der Waals surface area (Å²) in [5.74, 6) is 2.12. The van der Waals surface area contributed by atoms with Crippen LogP contribution in [0.1, 0.15) is 29.5 Å². The molecule has 0 unspecified atom stereocenters. The summed E-state index contributed by atoms with van der Waals surface area (Å²) >= 11 is 0. The number of hydrogen-bond acceptors (Lipinski definition) is 3. The lowest BCUT2D eigenvalue weighted by atomic mass is 9.88. The molecule has 2 rings (SSSR count). The molecule has 18 heavy (non-hydrogen) atoms. The molecule has 1 aliphatic carbocycles. The summed E-state index contributed by atoms with van der Waals surface area (Å²) in [7, 11) is 5.51. The van der Waals surface area contributed by atoms with Gasteiger partial charge in [0.15, 0.2) is 0 Å². The molecule has 0 spiro atoms. The molecule has 1 aromatic rings. The Kier molecular flexibility index (Phi) is 4.48. The van der Waals surface area contributed by atoms with Gasteiger partial charge >= 0.3 is 0 Å². The molecule has 0 saturated heterocycles. The zero-order valence-electron chi connectivity index (χ0n) is 11.6. The molecule has 0 bridgehead atoms. The van der Waals surface area contributed by atoms with Crippen molar-refractivity contribution in [2.45, 2.75) is 32.1 Å². The molecule has 0 aliphatic heterocycles. The highest BCUT2D eigenvalue weighted by Crippen LogP contribution is 2.39. The lowest BCUT2D eigenvalue weighted by Crippen LogP contribution is -2.14. The molecule has 0 saturated carbocycles. The fourth-order valence-electron chi connectivity index (χ4n) is 2.81. The van der Waals surface area contributed by atoms with Crippen molar-refractivity contribution in [3.8, 4) is 11.5 Å². The van der Waals surface area contributed by atoms with Gasteiger partial charge in [0.25, 0.3) is 0 Å². The van der Waals surface area contributed by atoms with Gasteiger partial charge in [-0.25, -0.2) is 0 Å². The number of hydrogen-bond donors (Lipinski definition) is 1. The van der Waals surface area contributed by atoms with Crippen LogP contribution in [-0.4, -0.2) is 27.8 Å². The number of nitrogens with one attached hydrogen (secondary N) is 1. The number of benzene rings is 1. The lowest BCUT2D eigenvalue weighted by Gasteiger charge is -2.24. The molecule has 1 aliphatic rings. The molecule has 100 valence electrons. The van der Waals surface area contributed by atoms with Gasteiger partial charge in [-0.15, -0.1) is 0 Å². The molecule has 0 atom stereocenters. The first-order chi connectivity index (χ1) is 8.81. The molecule has 3 nitrogen and oxygen atoms in total. The maximum Gasteiger partial charge on any atom is 0.125 e. The molecule has 0 amide bonds. The van der Waals surface area contributed by atoms with Crippen molar-refractivity contribution in [2.24, 2.45) is 0 Å². The van der Waals surface area contributed by atoms with Crippen molar-refractivity contribution in [2.75, 3.05) is 27.8 Å². The number of likely N-dealkylation sites (N-methyl/N-ethyl adjacent to an activating group) is 1. The summed E-state index contributed by atoms with van der Waals surface area (Å²) in [5.41, 5.74) is 3.98. The maximum atomic E-state index is 5.66. The summed E-state index contributed by atoms with van der Waals surface area (Å²) in [6, 6.07) is 2.15. The van der Waals surface area contributed by atoms with Crippen LogP contribution in [0.5, 0.6) is 11.5 Å². The van der Waals surface area contributed by atoms with Gasteiger partial charge in [0.1, 0.15) is 11.5 Å². The minimum Gasteiger partial charge on any atom is -0.496 e. The van der Waals surface area contributed by atoms with Gasteiger partial charge in [-0.05, 0) is 57.3 Å². The smallest absolute Gasteiger partial charge is 0.125 e. The zero-order valence-corrected chi connectivity index (χ0v) is 11.6. The Morgan fingerprint density at radius 2 is 1.83 bits per heavy atom. The zero-order chi connectivity index (χ0) is 13.0. The minimum atomic E-state index is 0.957. The van der Waals surface area contributed by atoms with Crippen molar-refractivity contribution in [3.63, 3.8) is 0 Å². The van der Waals surface area contributed by atoms with Crippen LogP contribution >= 0.6 is 0 Å². The van der Waals surface area contributed by atoms with E-state index in [1.807, 2.05) is 7.05 Å². The van der Waals surface area contributed by atoms with Crippen LogP contribution in [-0.2, 0) is 19.3 Å². The van der Waals surface area contributed by atoms with Crippen molar-refractivity contribution < 1.29 is 9.47 Å². The highest BCUT2D eigenvalue weighted by Gasteiger charge is 2.21. The third kappa shape index (κ3) is 2.46. The van der Waals surface area contributed by atoms with Gasteiger partial charge in [-0.3, -0.25) is 0 Å². The highest BCUT2D eigenvalue weighted by atomic mass is 16.5. The highest BCUT2D eigenvalue weighted by molar-refractivity contribution is 5.55. The Balaban J connectivity index is 2.46. The number of fused-ring (bicyclic) bond motifs is 1. The topological polar surface area (TPSA) is 30.5 Å². The van der Waals surface area contributed by atoms with Crippen LogP contribution in [0.25, 0.3) is 0 Å². The third-order valence-electron chi connectivity index (χ3n) is 3.70. The van der Waals surface area contributed by atoms with Crippen molar-refractivity contribution in [3.05, 3.63) is 22.8 Å². The Bertz CT molecular complexity index is 415. The molecular formula is C15H23NO2. The van der Waals surface area contributed by atoms with Crippen molar-refractivity contribution in [1.29, 1.82) is 0 Å². The Morgan fingerprint density at radius 1 is 1.11 bits per heavy atom. The van der Waals surface area contributed by atoms with E-state index in [9.17, 15) is 0 Å². The predicted molar refractivity (Wildman–Crippen MR) is 73.8 cm³/mol. The van der Waals surface area contributed by atoms with E-state index in [4.69, 9.17) is 9.47 Å². The summed E-state index contributed by atoms with van der Waals surface area (Å²) < 4.78 is 11.2. The van der Waals surface area contributed by atoms with Gasteiger partial charge < -0.3 is 14.8 Å². The third-order valence-corrected chi connectivity index (χ3v) is 3.70. The predicted octanol–water partition coefficient (Wildman–Crippen LogP) is 2.34. The van der Waals surface area contributed by atoms with Crippen LogP contribution < -0.4 is 14.8 Å². The van der Waals surface area contributed by atoms with E-state index < -0.39 is 0 Å². The number of methoxy groups -OCH3 is 2. The molecule has 1 N–H and O–H groups in total. The van der Waals surface area contributed by atoms with E-state index in [0.29, 0.717) is 0 Å². The first-order valence-corrected chi connectivity index (χ1v) is 6.72. The average Bonchev–Trinajstić information content (AvgIpc) is 2.43. The largest absolute Gasteiger partial charge is 0.496 e. The molecule has 3 heteroatoms. The molecular weight excluding hydrogens is 226 g/mol. The Morgan fingerprint density at radius 3 is 2.44 bits per heavy atom.